The topological polar surface area (TPSA) is 47.6 Å². The minimum atomic E-state index is -0.579. The predicted molar refractivity (Wildman–Crippen MR) is 36.3 cm³/mol. The zero-order valence-electron chi connectivity index (χ0n) is 5.92. The molecule has 0 bridgehead atoms. The van der Waals surface area contributed by atoms with Gasteiger partial charge in [-0.25, -0.2) is 4.79 Å². The molecule has 1 N–H and O–H groups in total. The first-order chi connectivity index (χ1) is 4.81. The molecule has 0 fully saturated rings. The summed E-state index contributed by atoms with van der Waals surface area (Å²) in [7, 11) is 1.34. The lowest BCUT2D eigenvalue weighted by molar-refractivity contribution is 0.0595. The second kappa shape index (κ2) is 6.10. The summed E-state index contributed by atoms with van der Waals surface area (Å²) in [5.41, 5.74) is 2.01. The summed E-state index contributed by atoms with van der Waals surface area (Å²) in [6.07, 6.45) is 1.74. The van der Waals surface area contributed by atoms with Crippen LogP contribution in [0, 0.1) is 0 Å². The van der Waals surface area contributed by atoms with Gasteiger partial charge in [0.15, 0.2) is 0 Å². The Morgan fingerprint density at radius 3 is 3.00 bits per heavy atom. The quantitative estimate of drug-likeness (QED) is 0.362. The predicted octanol–water partition coefficient (Wildman–Crippen LogP) is 0.850. The first kappa shape index (κ1) is 8.97. The fourth-order valence-corrected chi connectivity index (χ4v) is 0.348. The van der Waals surface area contributed by atoms with Gasteiger partial charge >= 0.3 is 6.09 Å². The SMILES string of the molecule is C=CCCOC(=O)NOC. The van der Waals surface area contributed by atoms with Crippen molar-refractivity contribution in [2.24, 2.45) is 0 Å². The Labute approximate surface area is 59.8 Å². The Balaban J connectivity index is 3.13. The Hall–Kier alpha value is -1.03. The highest BCUT2D eigenvalue weighted by molar-refractivity contribution is 5.65. The molecule has 1 amide bonds. The van der Waals surface area contributed by atoms with Gasteiger partial charge in [0.05, 0.1) is 13.7 Å². The Bertz CT molecular complexity index is 114. The molecule has 0 unspecified atom stereocenters. The molecule has 10 heavy (non-hydrogen) atoms. The fraction of sp³-hybridized carbons (Fsp3) is 0.500. The largest absolute Gasteiger partial charge is 0.448 e. The first-order valence-corrected chi connectivity index (χ1v) is 2.88. The minimum Gasteiger partial charge on any atom is -0.448 e. The molecule has 4 heteroatoms. The molecule has 0 aliphatic heterocycles. The molecular weight excluding hydrogens is 134 g/mol. The molecule has 0 aliphatic carbocycles. The van der Waals surface area contributed by atoms with Gasteiger partial charge in [-0.3, -0.25) is 4.84 Å². The van der Waals surface area contributed by atoms with Crippen LogP contribution in [-0.2, 0) is 9.57 Å². The monoisotopic (exact) mass is 145 g/mol. The van der Waals surface area contributed by atoms with E-state index in [1.54, 1.807) is 6.08 Å². The van der Waals surface area contributed by atoms with E-state index in [1.807, 2.05) is 5.48 Å². The van der Waals surface area contributed by atoms with E-state index in [4.69, 9.17) is 0 Å². The van der Waals surface area contributed by atoms with Crippen LogP contribution in [0.4, 0.5) is 4.79 Å². The summed E-state index contributed by atoms with van der Waals surface area (Å²) in [5.74, 6) is 0. The van der Waals surface area contributed by atoms with Crippen molar-refractivity contribution in [2.45, 2.75) is 6.42 Å². The lowest BCUT2D eigenvalue weighted by atomic mass is 10.5. The Morgan fingerprint density at radius 2 is 2.50 bits per heavy atom. The second-order valence-corrected chi connectivity index (χ2v) is 1.52. The van der Waals surface area contributed by atoms with E-state index in [-0.39, 0.29) is 0 Å². The van der Waals surface area contributed by atoms with Crippen molar-refractivity contribution in [3.8, 4) is 0 Å². The van der Waals surface area contributed by atoms with Gasteiger partial charge in [-0.15, -0.1) is 6.58 Å². The third-order valence-electron chi connectivity index (χ3n) is 0.741. The molecule has 0 atom stereocenters. The number of carbonyl (C=O) groups excluding carboxylic acids is 1. The van der Waals surface area contributed by atoms with E-state index in [0.717, 1.165) is 0 Å². The second-order valence-electron chi connectivity index (χ2n) is 1.52. The normalized spacial score (nSPS) is 8.50. The third kappa shape index (κ3) is 5.11. The summed E-state index contributed by atoms with van der Waals surface area (Å²) < 4.78 is 4.58. The zero-order valence-corrected chi connectivity index (χ0v) is 5.92. The number of hydroxylamine groups is 1. The molecule has 0 spiro atoms. The van der Waals surface area contributed by atoms with Gasteiger partial charge < -0.3 is 4.74 Å². The lowest BCUT2D eigenvalue weighted by Crippen LogP contribution is -2.23. The van der Waals surface area contributed by atoms with Crippen molar-refractivity contribution in [1.29, 1.82) is 0 Å². The molecule has 0 saturated heterocycles. The molecule has 0 aromatic carbocycles. The van der Waals surface area contributed by atoms with Crippen LogP contribution in [0.1, 0.15) is 6.42 Å². The maximum Gasteiger partial charge on any atom is 0.431 e. The summed E-state index contributed by atoms with van der Waals surface area (Å²) in [5, 5.41) is 0. The van der Waals surface area contributed by atoms with Crippen LogP contribution in [0.15, 0.2) is 12.7 Å². The third-order valence-corrected chi connectivity index (χ3v) is 0.741. The van der Waals surface area contributed by atoms with E-state index in [9.17, 15) is 4.79 Å². The van der Waals surface area contributed by atoms with E-state index >= 15 is 0 Å². The minimum absolute atomic E-state index is 0.332. The molecule has 0 aliphatic rings. The van der Waals surface area contributed by atoms with Crippen molar-refractivity contribution < 1.29 is 14.4 Å². The van der Waals surface area contributed by atoms with Crippen molar-refractivity contribution in [2.75, 3.05) is 13.7 Å². The summed E-state index contributed by atoms with van der Waals surface area (Å²) in [6.45, 7) is 3.79. The van der Waals surface area contributed by atoms with Gasteiger partial charge in [0.2, 0.25) is 0 Å². The van der Waals surface area contributed by atoms with Gasteiger partial charge in [0.25, 0.3) is 0 Å². The van der Waals surface area contributed by atoms with Crippen molar-refractivity contribution in [1.82, 2.24) is 5.48 Å². The summed E-state index contributed by atoms with van der Waals surface area (Å²) >= 11 is 0. The van der Waals surface area contributed by atoms with Crippen LogP contribution in [0.25, 0.3) is 0 Å². The molecular formula is C6H11NO3. The molecule has 58 valence electrons. The highest BCUT2D eigenvalue weighted by Crippen LogP contribution is 1.83. The highest BCUT2D eigenvalue weighted by Gasteiger charge is 1.96. The molecule has 0 saturated carbocycles. The van der Waals surface area contributed by atoms with Crippen molar-refractivity contribution in [3.05, 3.63) is 12.7 Å². The molecule has 0 radical (unpaired) electrons. The molecule has 0 heterocycles. The van der Waals surface area contributed by atoms with Crippen molar-refractivity contribution in [3.63, 3.8) is 0 Å². The standard InChI is InChI=1S/C6H11NO3/c1-3-4-5-10-6(8)7-9-2/h3H,1,4-5H2,2H3,(H,7,8). The zero-order chi connectivity index (χ0) is 7.82. The van der Waals surface area contributed by atoms with E-state index in [0.29, 0.717) is 13.0 Å². The average molecular weight is 145 g/mol. The Morgan fingerprint density at radius 1 is 1.80 bits per heavy atom. The van der Waals surface area contributed by atoms with Gasteiger partial charge in [-0.1, -0.05) is 6.08 Å². The average Bonchev–Trinajstić information content (AvgIpc) is 1.89. The first-order valence-electron chi connectivity index (χ1n) is 2.88. The van der Waals surface area contributed by atoms with Crippen LogP contribution >= 0.6 is 0 Å². The van der Waals surface area contributed by atoms with Crippen molar-refractivity contribution >= 4 is 6.09 Å². The van der Waals surface area contributed by atoms with E-state index in [1.165, 1.54) is 7.11 Å². The number of rotatable bonds is 4. The van der Waals surface area contributed by atoms with Crippen LogP contribution in [0.5, 0.6) is 0 Å². The van der Waals surface area contributed by atoms with Crippen LogP contribution in [0.2, 0.25) is 0 Å². The van der Waals surface area contributed by atoms with Gasteiger partial charge in [0, 0.05) is 0 Å². The number of amides is 1. The van der Waals surface area contributed by atoms with Crippen LogP contribution < -0.4 is 5.48 Å². The molecule has 0 aromatic rings. The van der Waals surface area contributed by atoms with Gasteiger partial charge in [-0.05, 0) is 6.42 Å². The molecule has 0 aromatic heterocycles. The molecule has 4 nitrogen and oxygen atoms in total. The fourth-order valence-electron chi connectivity index (χ4n) is 0.348. The van der Waals surface area contributed by atoms with Crippen LogP contribution in [-0.4, -0.2) is 19.8 Å². The van der Waals surface area contributed by atoms with Gasteiger partial charge in [0.1, 0.15) is 0 Å². The smallest absolute Gasteiger partial charge is 0.431 e. The highest BCUT2D eigenvalue weighted by atomic mass is 16.7. The van der Waals surface area contributed by atoms with Crippen LogP contribution in [0.3, 0.4) is 0 Å². The number of carbonyl (C=O) groups is 1. The van der Waals surface area contributed by atoms with E-state index in [2.05, 4.69) is 16.2 Å². The van der Waals surface area contributed by atoms with E-state index < -0.39 is 6.09 Å². The van der Waals surface area contributed by atoms with Gasteiger partial charge in [-0.2, -0.15) is 5.48 Å². The Kier molecular flexibility index (Phi) is 5.47. The summed E-state index contributed by atoms with van der Waals surface area (Å²) in [6, 6.07) is 0. The lowest BCUT2D eigenvalue weighted by Gasteiger charge is -2.01. The number of nitrogens with one attached hydrogen (secondary N) is 1. The number of hydrogen-bond donors (Lipinski definition) is 1. The molecule has 0 rings (SSSR count). The number of hydrogen-bond acceptors (Lipinski definition) is 3. The maximum atomic E-state index is 10.4. The maximum absolute atomic E-state index is 10.4. The summed E-state index contributed by atoms with van der Waals surface area (Å²) in [4.78, 5) is 14.7. The number of ether oxygens (including phenoxy) is 1.